The van der Waals surface area contributed by atoms with E-state index in [1.165, 1.54) is 5.56 Å². The first-order chi connectivity index (χ1) is 16.5. The van der Waals surface area contributed by atoms with E-state index in [2.05, 4.69) is 79.2 Å². The van der Waals surface area contributed by atoms with Crippen molar-refractivity contribution >= 4 is 17.1 Å². The van der Waals surface area contributed by atoms with Crippen molar-refractivity contribution in [3.05, 3.63) is 96.7 Å². The van der Waals surface area contributed by atoms with Crippen molar-refractivity contribution in [2.75, 3.05) is 19.1 Å². The van der Waals surface area contributed by atoms with Crippen LogP contribution in [0.15, 0.2) is 85.1 Å². The minimum absolute atomic E-state index is 0. The van der Waals surface area contributed by atoms with E-state index in [0.29, 0.717) is 5.75 Å². The van der Waals surface area contributed by atoms with Gasteiger partial charge >= 0.3 is 0 Å². The minimum atomic E-state index is 0. The van der Waals surface area contributed by atoms with Gasteiger partial charge in [-0.3, -0.25) is 0 Å². The topological polar surface area (TPSA) is 65.8 Å². The van der Waals surface area contributed by atoms with Gasteiger partial charge in [0.15, 0.2) is 0 Å². The molecule has 0 unspecified atom stereocenters. The Hall–Kier alpha value is -3.02. The Kier molecular flexibility index (Phi) is 10.2. The maximum atomic E-state index is 7.00. The van der Waals surface area contributed by atoms with Gasteiger partial charge in [0, 0.05) is 51.9 Å². The Morgan fingerprint density at radius 3 is 2.06 bits per heavy atom. The standard InChI is InChI=1S/C27H23N2O.2CH4O.Ir/c1-27(2,3)20-12-14-21(15-13-20)29-23-9-4-5-10-25(23)30-26-18-19(11-16-24(26)29)22-8-6-7-17-28-22;2*1-2;/h4-17H,1-3H3;2*2H,1H3;/q-1;;;. The van der Waals surface area contributed by atoms with E-state index in [-0.39, 0.29) is 25.5 Å². The number of pyridine rings is 1. The fraction of sp³-hybridized carbons (Fsp3) is 0.207. The molecule has 0 atom stereocenters. The predicted molar refractivity (Wildman–Crippen MR) is 138 cm³/mol. The molecule has 5 nitrogen and oxygen atoms in total. The molecule has 0 amide bonds. The van der Waals surface area contributed by atoms with Crippen LogP contribution < -0.4 is 9.64 Å². The third-order valence-corrected chi connectivity index (χ3v) is 5.38. The van der Waals surface area contributed by atoms with Crippen LogP contribution in [0.2, 0.25) is 0 Å². The Morgan fingerprint density at radius 2 is 1.43 bits per heavy atom. The quantitative estimate of drug-likeness (QED) is 0.211. The average molecular weight is 648 g/mol. The van der Waals surface area contributed by atoms with E-state index < -0.39 is 0 Å². The predicted octanol–water partition coefficient (Wildman–Crippen LogP) is 6.64. The van der Waals surface area contributed by atoms with Gasteiger partial charge in [-0.2, -0.15) is 0 Å². The Labute approximate surface area is 221 Å². The second-order valence-corrected chi connectivity index (χ2v) is 8.50. The molecular formula is C29H31IrN2O3-. The number of rotatable bonds is 2. The van der Waals surface area contributed by atoms with Crippen LogP contribution in [0.1, 0.15) is 26.3 Å². The number of anilines is 3. The number of benzene rings is 3. The van der Waals surface area contributed by atoms with Crippen LogP contribution in [0.4, 0.5) is 17.1 Å². The molecule has 1 aromatic heterocycles. The van der Waals surface area contributed by atoms with Crippen molar-refractivity contribution in [3.63, 3.8) is 0 Å². The normalized spacial score (nSPS) is 11.2. The zero-order chi connectivity index (χ0) is 24.7. The van der Waals surface area contributed by atoms with Crippen LogP contribution in [-0.4, -0.2) is 29.4 Å². The summed E-state index contributed by atoms with van der Waals surface area (Å²) in [5, 5.41) is 14.0. The summed E-state index contributed by atoms with van der Waals surface area (Å²) in [6.07, 6.45) is 1.79. The molecule has 35 heavy (non-hydrogen) atoms. The summed E-state index contributed by atoms with van der Waals surface area (Å²) in [4.78, 5) is 6.69. The van der Waals surface area contributed by atoms with Crippen molar-refractivity contribution in [1.29, 1.82) is 0 Å². The van der Waals surface area contributed by atoms with Gasteiger partial charge in [0.1, 0.15) is 5.75 Å². The third kappa shape index (κ3) is 6.16. The summed E-state index contributed by atoms with van der Waals surface area (Å²) in [5.41, 5.74) is 6.30. The number of aliphatic hydroxyl groups excluding tert-OH is 2. The summed E-state index contributed by atoms with van der Waals surface area (Å²) < 4.78 is 6.24. The smallest absolute Gasteiger partial charge is 0.148 e. The van der Waals surface area contributed by atoms with Crippen LogP contribution in [0, 0.1) is 6.07 Å². The van der Waals surface area contributed by atoms with Gasteiger partial charge < -0.3 is 24.8 Å². The van der Waals surface area contributed by atoms with Crippen LogP contribution in [0.25, 0.3) is 11.3 Å². The van der Waals surface area contributed by atoms with Crippen LogP contribution in [0.3, 0.4) is 0 Å². The number of hydrogen-bond donors (Lipinski definition) is 2. The SMILES string of the molecule is CC(C)(C)c1ccc(N2c3ccc(-c4ccccn4)[c-]c3Oc3ccccc32)cc1.CO.CO.[Ir]. The van der Waals surface area contributed by atoms with Crippen molar-refractivity contribution in [2.45, 2.75) is 26.2 Å². The molecule has 0 spiro atoms. The van der Waals surface area contributed by atoms with E-state index >= 15 is 0 Å². The molecule has 3 aromatic carbocycles. The second-order valence-electron chi connectivity index (χ2n) is 8.50. The van der Waals surface area contributed by atoms with Gasteiger partial charge in [-0.1, -0.05) is 63.2 Å². The summed E-state index contributed by atoms with van der Waals surface area (Å²) in [6.45, 7) is 6.69. The largest absolute Gasteiger partial charge is 0.473 e. The van der Waals surface area contributed by atoms with E-state index in [1.807, 2.05) is 36.4 Å². The van der Waals surface area contributed by atoms with Crippen LogP contribution in [0.5, 0.6) is 11.5 Å². The Balaban J connectivity index is 0.000000823. The monoisotopic (exact) mass is 648 g/mol. The van der Waals surface area contributed by atoms with Gasteiger partial charge in [-0.15, -0.1) is 17.7 Å². The van der Waals surface area contributed by atoms with Crippen molar-refractivity contribution < 1.29 is 35.1 Å². The third-order valence-electron chi connectivity index (χ3n) is 5.38. The first kappa shape index (κ1) is 28.2. The van der Waals surface area contributed by atoms with Gasteiger partial charge in [-0.25, -0.2) is 0 Å². The summed E-state index contributed by atoms with van der Waals surface area (Å²) in [6, 6.07) is 30.3. The molecule has 1 aliphatic rings. The molecule has 0 bridgehead atoms. The Morgan fingerprint density at radius 1 is 0.771 bits per heavy atom. The van der Waals surface area contributed by atoms with E-state index in [1.54, 1.807) is 6.20 Å². The molecular weight excluding hydrogens is 617 g/mol. The first-order valence-corrected chi connectivity index (χ1v) is 11.1. The molecule has 0 aliphatic carbocycles. The molecule has 2 N–H and O–H groups in total. The summed E-state index contributed by atoms with van der Waals surface area (Å²) in [7, 11) is 2.00. The van der Waals surface area contributed by atoms with Gasteiger partial charge in [0.05, 0.1) is 11.4 Å². The molecule has 1 radical (unpaired) electrons. The maximum Gasteiger partial charge on any atom is 0.148 e. The number of para-hydroxylation sites is 2. The zero-order valence-electron chi connectivity index (χ0n) is 20.6. The Bertz CT molecular complexity index is 1210. The number of hydrogen-bond acceptors (Lipinski definition) is 5. The summed E-state index contributed by atoms with van der Waals surface area (Å²) in [5.74, 6) is 1.52. The molecule has 0 saturated heterocycles. The molecule has 4 aromatic rings. The fourth-order valence-corrected chi connectivity index (χ4v) is 3.75. The molecule has 6 heteroatoms. The maximum absolute atomic E-state index is 7.00. The van der Waals surface area contributed by atoms with Gasteiger partial charge in [0.25, 0.3) is 0 Å². The van der Waals surface area contributed by atoms with Gasteiger partial charge in [-0.05, 0) is 47.0 Å². The fourth-order valence-electron chi connectivity index (χ4n) is 3.75. The molecule has 5 rings (SSSR count). The van der Waals surface area contributed by atoms with Gasteiger partial charge in [0.2, 0.25) is 0 Å². The number of aliphatic hydroxyl groups is 2. The molecule has 185 valence electrons. The second kappa shape index (κ2) is 12.6. The zero-order valence-corrected chi connectivity index (χ0v) is 23.0. The molecule has 1 aliphatic heterocycles. The van der Waals surface area contributed by atoms with Crippen molar-refractivity contribution in [2.24, 2.45) is 0 Å². The minimum Gasteiger partial charge on any atom is -0.473 e. The van der Waals surface area contributed by atoms with Crippen molar-refractivity contribution in [1.82, 2.24) is 4.98 Å². The molecule has 2 heterocycles. The van der Waals surface area contributed by atoms with Crippen LogP contribution >= 0.6 is 0 Å². The van der Waals surface area contributed by atoms with E-state index in [4.69, 9.17) is 14.9 Å². The number of ether oxygens (including phenoxy) is 1. The number of aromatic nitrogens is 1. The summed E-state index contributed by atoms with van der Waals surface area (Å²) >= 11 is 0. The van der Waals surface area contributed by atoms with Crippen LogP contribution in [-0.2, 0) is 25.5 Å². The molecule has 0 saturated carbocycles. The average Bonchev–Trinajstić information content (AvgIpc) is 2.89. The first-order valence-electron chi connectivity index (χ1n) is 11.1. The number of nitrogens with zero attached hydrogens (tertiary/aromatic N) is 2. The van der Waals surface area contributed by atoms with E-state index in [0.717, 1.165) is 48.3 Å². The van der Waals surface area contributed by atoms with Crippen molar-refractivity contribution in [3.8, 4) is 22.8 Å². The van der Waals surface area contributed by atoms with E-state index in [9.17, 15) is 0 Å². The number of fused-ring (bicyclic) bond motifs is 2. The molecule has 0 fully saturated rings.